The molecule has 1 aliphatic rings. The number of benzene rings is 1. The molecule has 26 heavy (non-hydrogen) atoms. The molecule has 3 rings (SSSR count). The molecular formula is C20H29Cl3N2S. The summed E-state index contributed by atoms with van der Waals surface area (Å²) in [5.41, 5.74) is 3.92. The molecule has 0 saturated carbocycles. The minimum atomic E-state index is 0. The van der Waals surface area contributed by atoms with Gasteiger partial charge in [-0.1, -0.05) is 31.9 Å². The molecule has 0 amide bonds. The Hall–Kier alpha value is -0.190. The lowest BCUT2D eigenvalue weighted by Crippen LogP contribution is -2.25. The molecule has 1 aliphatic carbocycles. The van der Waals surface area contributed by atoms with Gasteiger partial charge in [0.25, 0.3) is 0 Å². The van der Waals surface area contributed by atoms with Crippen molar-refractivity contribution in [3.05, 3.63) is 34.5 Å². The zero-order chi connectivity index (χ0) is 16.9. The van der Waals surface area contributed by atoms with Crippen LogP contribution in [-0.2, 0) is 12.8 Å². The van der Waals surface area contributed by atoms with E-state index >= 15 is 0 Å². The number of aryl methyl sites for hydroxylation is 1. The van der Waals surface area contributed by atoms with E-state index in [0.29, 0.717) is 0 Å². The molecule has 0 N–H and O–H groups in total. The van der Waals surface area contributed by atoms with Crippen molar-refractivity contribution >= 4 is 59.1 Å². The summed E-state index contributed by atoms with van der Waals surface area (Å²) in [7, 11) is 0. The van der Waals surface area contributed by atoms with E-state index in [9.17, 15) is 0 Å². The van der Waals surface area contributed by atoms with Crippen LogP contribution in [0.4, 0.5) is 0 Å². The van der Waals surface area contributed by atoms with Crippen molar-refractivity contribution in [2.24, 2.45) is 0 Å². The number of rotatable bonds is 6. The van der Waals surface area contributed by atoms with Crippen LogP contribution >= 0.6 is 48.2 Å². The van der Waals surface area contributed by atoms with Crippen LogP contribution in [0.15, 0.2) is 23.1 Å². The van der Waals surface area contributed by atoms with Crippen LogP contribution in [0.2, 0.25) is 5.02 Å². The molecule has 0 atom stereocenters. The van der Waals surface area contributed by atoms with Crippen molar-refractivity contribution in [1.29, 1.82) is 0 Å². The van der Waals surface area contributed by atoms with Gasteiger partial charge in [-0.15, -0.1) is 36.6 Å². The van der Waals surface area contributed by atoms with Gasteiger partial charge in [0, 0.05) is 33.3 Å². The maximum absolute atomic E-state index is 6.29. The van der Waals surface area contributed by atoms with Gasteiger partial charge in [0.2, 0.25) is 0 Å². The Balaban J connectivity index is 0.00000169. The Morgan fingerprint density at radius 1 is 1.08 bits per heavy atom. The second-order valence-electron chi connectivity index (χ2n) is 6.46. The molecule has 0 fully saturated rings. The zero-order valence-electron chi connectivity index (χ0n) is 15.6. The van der Waals surface area contributed by atoms with Gasteiger partial charge in [-0.05, 0) is 62.5 Å². The maximum atomic E-state index is 6.29. The third-order valence-electron chi connectivity index (χ3n) is 4.97. The lowest BCUT2D eigenvalue weighted by molar-refractivity contribution is 0.324. The first kappa shape index (κ1) is 23.8. The third-order valence-corrected chi connectivity index (χ3v) is 6.35. The quantitative estimate of drug-likeness (QED) is 0.384. The highest BCUT2D eigenvalue weighted by Crippen LogP contribution is 2.36. The van der Waals surface area contributed by atoms with Gasteiger partial charge >= 0.3 is 0 Å². The first-order valence-corrected chi connectivity index (χ1v) is 10.6. The monoisotopic (exact) mass is 434 g/mol. The summed E-state index contributed by atoms with van der Waals surface area (Å²) in [6, 6.07) is 6.15. The van der Waals surface area contributed by atoms with Gasteiger partial charge in [-0.2, -0.15) is 0 Å². The molecule has 2 nitrogen and oxygen atoms in total. The molecule has 0 bridgehead atoms. The topological polar surface area (TPSA) is 16.1 Å². The van der Waals surface area contributed by atoms with Gasteiger partial charge in [0.15, 0.2) is 0 Å². The Morgan fingerprint density at radius 2 is 1.81 bits per heavy atom. The largest absolute Gasteiger partial charge is 0.303 e. The zero-order valence-corrected chi connectivity index (χ0v) is 18.8. The molecule has 2 aromatic rings. The molecule has 1 aromatic heterocycles. The average molecular weight is 436 g/mol. The van der Waals surface area contributed by atoms with Crippen molar-refractivity contribution in [1.82, 2.24) is 9.88 Å². The number of aromatic nitrogens is 1. The predicted octanol–water partition coefficient (Wildman–Crippen LogP) is 6.43. The fourth-order valence-electron chi connectivity index (χ4n) is 3.51. The highest BCUT2D eigenvalue weighted by atomic mass is 35.5. The van der Waals surface area contributed by atoms with E-state index in [1.165, 1.54) is 47.2 Å². The summed E-state index contributed by atoms with van der Waals surface area (Å²) in [4.78, 5) is 8.90. The second kappa shape index (κ2) is 11.6. The summed E-state index contributed by atoms with van der Waals surface area (Å²) in [5, 5.41) is 2.05. The van der Waals surface area contributed by atoms with Crippen LogP contribution in [0.3, 0.4) is 0 Å². The summed E-state index contributed by atoms with van der Waals surface area (Å²) < 4.78 is 0. The molecule has 1 heterocycles. The Labute approximate surface area is 179 Å². The summed E-state index contributed by atoms with van der Waals surface area (Å²) in [6.45, 7) is 7.86. The van der Waals surface area contributed by atoms with E-state index in [1.54, 1.807) is 0 Å². The molecule has 0 spiro atoms. The fourth-order valence-corrected chi connectivity index (χ4v) is 4.95. The van der Waals surface area contributed by atoms with E-state index in [-0.39, 0.29) is 24.8 Å². The summed E-state index contributed by atoms with van der Waals surface area (Å²) in [5.74, 6) is 1.12. The molecule has 0 aliphatic heterocycles. The molecule has 6 heteroatoms. The van der Waals surface area contributed by atoms with Gasteiger partial charge in [0.1, 0.15) is 0 Å². The first-order valence-electron chi connectivity index (χ1n) is 9.19. The lowest BCUT2D eigenvalue weighted by atomic mass is 10.1. The molecule has 1 aromatic carbocycles. The normalized spacial score (nSPS) is 13.7. The van der Waals surface area contributed by atoms with E-state index in [2.05, 4.69) is 30.9 Å². The van der Waals surface area contributed by atoms with Crippen molar-refractivity contribution in [3.8, 4) is 0 Å². The average Bonchev–Trinajstić information content (AvgIpc) is 2.83. The number of halogens is 3. The van der Waals surface area contributed by atoms with Crippen LogP contribution in [0.1, 0.15) is 44.4 Å². The SMILES string of the molecule is CCN(CC)CCSc1c2c(nc3ccc(Cl)cc13)CCCCC2.Cl.Cl. The van der Waals surface area contributed by atoms with Gasteiger partial charge < -0.3 is 4.90 Å². The first-order chi connectivity index (χ1) is 11.7. The van der Waals surface area contributed by atoms with Gasteiger partial charge in [0.05, 0.1) is 5.52 Å². The molecular weight excluding hydrogens is 407 g/mol. The molecule has 0 unspecified atom stereocenters. The van der Waals surface area contributed by atoms with Crippen LogP contribution in [0.25, 0.3) is 10.9 Å². The maximum Gasteiger partial charge on any atom is 0.0717 e. The number of nitrogens with zero attached hydrogens (tertiary/aromatic N) is 2. The van der Waals surface area contributed by atoms with Crippen LogP contribution < -0.4 is 0 Å². The lowest BCUT2D eigenvalue weighted by Gasteiger charge is -2.19. The van der Waals surface area contributed by atoms with Crippen molar-refractivity contribution < 1.29 is 0 Å². The predicted molar refractivity (Wildman–Crippen MR) is 121 cm³/mol. The van der Waals surface area contributed by atoms with Gasteiger partial charge in [-0.25, -0.2) is 0 Å². The number of pyridine rings is 1. The Kier molecular flexibility index (Phi) is 10.6. The third kappa shape index (κ3) is 5.65. The summed E-state index contributed by atoms with van der Waals surface area (Å²) in [6.07, 6.45) is 6.15. The number of thioether (sulfide) groups is 1. The van der Waals surface area contributed by atoms with Crippen LogP contribution in [-0.4, -0.2) is 35.3 Å². The number of fused-ring (bicyclic) bond motifs is 2. The standard InChI is InChI=1S/C20H27ClN2S.2ClH/c1-3-23(4-2)12-13-24-20-16-8-6-5-7-9-18(16)22-19-11-10-15(21)14-17(19)20;;/h10-11,14H,3-9,12-13H2,1-2H3;2*1H. The molecule has 146 valence electrons. The van der Waals surface area contributed by atoms with E-state index in [0.717, 1.165) is 42.3 Å². The van der Waals surface area contributed by atoms with Crippen molar-refractivity contribution in [3.63, 3.8) is 0 Å². The van der Waals surface area contributed by atoms with E-state index in [1.807, 2.05) is 17.8 Å². The van der Waals surface area contributed by atoms with E-state index in [4.69, 9.17) is 16.6 Å². The van der Waals surface area contributed by atoms with Gasteiger partial charge in [-0.3, -0.25) is 4.98 Å². The minimum absolute atomic E-state index is 0. The molecule has 0 saturated heterocycles. The smallest absolute Gasteiger partial charge is 0.0717 e. The van der Waals surface area contributed by atoms with E-state index < -0.39 is 0 Å². The second-order valence-corrected chi connectivity index (χ2v) is 8.01. The highest BCUT2D eigenvalue weighted by molar-refractivity contribution is 7.99. The summed E-state index contributed by atoms with van der Waals surface area (Å²) >= 11 is 8.29. The minimum Gasteiger partial charge on any atom is -0.303 e. The highest BCUT2D eigenvalue weighted by Gasteiger charge is 2.18. The van der Waals surface area contributed by atoms with Crippen LogP contribution in [0.5, 0.6) is 0 Å². The Morgan fingerprint density at radius 3 is 2.54 bits per heavy atom. The van der Waals surface area contributed by atoms with Crippen molar-refractivity contribution in [2.45, 2.75) is 50.8 Å². The number of hydrogen-bond acceptors (Lipinski definition) is 3. The fraction of sp³-hybridized carbons (Fsp3) is 0.550. The van der Waals surface area contributed by atoms with Crippen molar-refractivity contribution in [2.75, 3.05) is 25.4 Å². The Bertz CT molecular complexity index is 705. The van der Waals surface area contributed by atoms with Crippen LogP contribution in [0, 0.1) is 0 Å². The molecule has 0 radical (unpaired) electrons. The number of hydrogen-bond donors (Lipinski definition) is 0.